The molecule has 2 aromatic rings. The van der Waals surface area contributed by atoms with Crippen LogP contribution < -0.4 is 10.2 Å². The van der Waals surface area contributed by atoms with Crippen molar-refractivity contribution in [3.05, 3.63) is 30.3 Å². The van der Waals surface area contributed by atoms with Crippen LogP contribution in [0.15, 0.2) is 30.3 Å². The summed E-state index contributed by atoms with van der Waals surface area (Å²) in [5, 5.41) is 21.8. The summed E-state index contributed by atoms with van der Waals surface area (Å²) in [4.78, 5) is 14.8. The fourth-order valence-corrected chi connectivity index (χ4v) is 2.74. The smallest absolute Gasteiger partial charge is 0.172 e. The van der Waals surface area contributed by atoms with Crippen LogP contribution in [0.5, 0.6) is 5.75 Å². The van der Waals surface area contributed by atoms with E-state index in [0.29, 0.717) is 17.8 Å². The Morgan fingerprint density at radius 1 is 1.38 bits per heavy atom. The molecule has 1 aromatic heterocycles. The number of para-hydroxylation sites is 1. The van der Waals surface area contributed by atoms with Crippen LogP contribution in [0.1, 0.15) is 0 Å². The van der Waals surface area contributed by atoms with Gasteiger partial charge in [-0.25, -0.2) is 0 Å². The van der Waals surface area contributed by atoms with Gasteiger partial charge in [0.05, 0.1) is 17.9 Å². The van der Waals surface area contributed by atoms with E-state index in [1.54, 1.807) is 12.1 Å². The Kier molecular flexibility index (Phi) is 4.90. The summed E-state index contributed by atoms with van der Waals surface area (Å²) < 4.78 is 0. The lowest BCUT2D eigenvalue weighted by atomic mass is 10.1. The second kappa shape index (κ2) is 7.27. The molecular weight excluding hydrogens is 306 g/mol. The van der Waals surface area contributed by atoms with E-state index in [2.05, 4.69) is 20.4 Å². The number of phenolic OH excluding ortho intramolecular Hbond substituents is 1. The number of hydrogen-bond acceptors (Lipinski definition) is 7. The summed E-state index contributed by atoms with van der Waals surface area (Å²) >= 11 is 0. The van der Waals surface area contributed by atoms with Gasteiger partial charge >= 0.3 is 0 Å². The molecule has 24 heavy (non-hydrogen) atoms. The molecule has 0 amide bonds. The molecule has 0 aliphatic carbocycles. The number of aromatic hydroxyl groups is 1. The highest BCUT2D eigenvalue weighted by molar-refractivity contribution is 5.75. The highest BCUT2D eigenvalue weighted by Crippen LogP contribution is 2.33. The molecule has 0 unspecified atom stereocenters. The monoisotopic (exact) mass is 327 g/mol. The van der Waals surface area contributed by atoms with E-state index in [4.69, 9.17) is 0 Å². The average Bonchev–Trinajstić information content (AvgIpc) is 2.60. The number of carbonyl (C=O) groups is 1. The Labute approximate surface area is 140 Å². The highest BCUT2D eigenvalue weighted by Gasteiger charge is 2.20. The van der Waals surface area contributed by atoms with Gasteiger partial charge in [0.15, 0.2) is 5.82 Å². The molecule has 0 saturated carbocycles. The summed E-state index contributed by atoms with van der Waals surface area (Å²) in [5.74, 6) is 0.936. The summed E-state index contributed by atoms with van der Waals surface area (Å²) in [6.07, 6.45) is 0.910. The molecule has 2 heterocycles. The second-order valence-electron chi connectivity index (χ2n) is 5.82. The maximum Gasteiger partial charge on any atom is 0.172 e. The van der Waals surface area contributed by atoms with E-state index in [-0.39, 0.29) is 5.75 Å². The molecule has 1 aromatic carbocycles. The average molecular weight is 327 g/mol. The van der Waals surface area contributed by atoms with Crippen LogP contribution in [0.4, 0.5) is 11.5 Å². The van der Waals surface area contributed by atoms with Gasteiger partial charge in [0.25, 0.3) is 0 Å². The van der Waals surface area contributed by atoms with Gasteiger partial charge in [-0.15, -0.1) is 10.2 Å². The van der Waals surface area contributed by atoms with E-state index < -0.39 is 0 Å². The van der Waals surface area contributed by atoms with E-state index in [9.17, 15) is 9.90 Å². The Morgan fingerprint density at radius 3 is 3.00 bits per heavy atom. The number of benzene rings is 1. The van der Waals surface area contributed by atoms with Crippen molar-refractivity contribution in [3.8, 4) is 17.0 Å². The number of fused-ring (bicyclic) bond motifs is 1. The zero-order valence-electron chi connectivity index (χ0n) is 13.6. The minimum absolute atomic E-state index is 0.188. The predicted molar refractivity (Wildman–Crippen MR) is 93.4 cm³/mol. The second-order valence-corrected chi connectivity index (χ2v) is 5.82. The molecule has 7 nitrogen and oxygen atoms in total. The number of hydrogen-bond donors (Lipinski definition) is 2. The maximum atomic E-state index is 10.6. The summed E-state index contributed by atoms with van der Waals surface area (Å²) in [6.45, 7) is 3.66. The maximum absolute atomic E-state index is 10.6. The fraction of sp³-hybridized carbons (Fsp3) is 0.353. The van der Waals surface area contributed by atoms with E-state index in [0.717, 1.165) is 44.0 Å². The summed E-state index contributed by atoms with van der Waals surface area (Å²) in [5.41, 5.74) is 2.27. The largest absolute Gasteiger partial charge is 0.507 e. The Morgan fingerprint density at radius 2 is 2.21 bits per heavy atom. The molecule has 0 spiro atoms. The quantitative estimate of drug-likeness (QED) is 0.772. The van der Waals surface area contributed by atoms with Gasteiger partial charge in [0.1, 0.15) is 12.0 Å². The minimum atomic E-state index is 0.188. The predicted octanol–water partition coefficient (Wildman–Crippen LogP) is 1.21. The standard InChI is InChI=1S/C17H21N5O2/c1-21(10-11-23)8-9-22-7-6-18-17-15(22)12-14(19-20-17)13-4-2-3-5-16(13)24/h2-5,11-12,24H,6-10H2,1H3,(H,18,20). The molecule has 0 bridgehead atoms. The number of likely N-dealkylation sites (N-methyl/N-ethyl adjacent to an activating group) is 1. The molecular formula is C17H21N5O2. The number of anilines is 2. The highest BCUT2D eigenvalue weighted by atomic mass is 16.3. The number of nitrogens with one attached hydrogen (secondary N) is 1. The van der Waals surface area contributed by atoms with Crippen molar-refractivity contribution >= 4 is 17.8 Å². The van der Waals surface area contributed by atoms with Gasteiger partial charge in [0.2, 0.25) is 0 Å². The lowest BCUT2D eigenvalue weighted by molar-refractivity contribution is -0.108. The number of rotatable bonds is 6. The molecule has 3 rings (SSSR count). The Bertz CT molecular complexity index is 722. The first-order valence-electron chi connectivity index (χ1n) is 7.96. The third kappa shape index (κ3) is 3.46. The Balaban J connectivity index is 1.84. The van der Waals surface area contributed by atoms with Crippen molar-refractivity contribution in [2.75, 3.05) is 50.0 Å². The van der Waals surface area contributed by atoms with Gasteiger partial charge in [-0.1, -0.05) is 12.1 Å². The van der Waals surface area contributed by atoms with Crippen molar-refractivity contribution < 1.29 is 9.90 Å². The third-order valence-corrected chi connectivity index (χ3v) is 4.11. The van der Waals surface area contributed by atoms with Gasteiger partial charge < -0.3 is 20.1 Å². The van der Waals surface area contributed by atoms with Crippen molar-refractivity contribution in [2.45, 2.75) is 0 Å². The van der Waals surface area contributed by atoms with Crippen molar-refractivity contribution in [1.82, 2.24) is 15.1 Å². The number of aromatic nitrogens is 2. The number of phenols is 1. The van der Waals surface area contributed by atoms with Crippen molar-refractivity contribution in [2.24, 2.45) is 0 Å². The van der Waals surface area contributed by atoms with Crippen LogP contribution in [0, 0.1) is 0 Å². The van der Waals surface area contributed by atoms with Crippen LogP contribution >= 0.6 is 0 Å². The molecule has 1 aliphatic rings. The third-order valence-electron chi connectivity index (χ3n) is 4.11. The minimum Gasteiger partial charge on any atom is -0.507 e. The van der Waals surface area contributed by atoms with E-state index in [1.807, 2.05) is 30.1 Å². The number of carbonyl (C=O) groups excluding carboxylic acids is 1. The van der Waals surface area contributed by atoms with Crippen LogP contribution in [-0.4, -0.2) is 66.3 Å². The molecule has 2 N–H and O–H groups in total. The van der Waals surface area contributed by atoms with Gasteiger partial charge in [-0.3, -0.25) is 4.90 Å². The van der Waals surface area contributed by atoms with Gasteiger partial charge in [0, 0.05) is 31.7 Å². The molecule has 0 saturated heterocycles. The summed E-state index contributed by atoms with van der Waals surface area (Å²) in [6, 6.07) is 9.05. The van der Waals surface area contributed by atoms with Crippen LogP contribution in [0.3, 0.4) is 0 Å². The zero-order valence-corrected chi connectivity index (χ0v) is 13.6. The van der Waals surface area contributed by atoms with E-state index >= 15 is 0 Å². The van der Waals surface area contributed by atoms with Crippen molar-refractivity contribution in [3.63, 3.8) is 0 Å². The normalized spacial score (nSPS) is 13.5. The van der Waals surface area contributed by atoms with Crippen molar-refractivity contribution in [1.29, 1.82) is 0 Å². The van der Waals surface area contributed by atoms with E-state index in [1.165, 1.54) is 0 Å². The summed E-state index contributed by atoms with van der Waals surface area (Å²) in [7, 11) is 1.93. The molecule has 0 atom stereocenters. The lowest BCUT2D eigenvalue weighted by Crippen LogP contribution is -2.40. The van der Waals surface area contributed by atoms with Gasteiger partial charge in [-0.2, -0.15) is 0 Å². The zero-order chi connectivity index (χ0) is 16.9. The molecule has 0 fully saturated rings. The van der Waals surface area contributed by atoms with Crippen LogP contribution in [0.2, 0.25) is 0 Å². The molecule has 0 radical (unpaired) electrons. The molecule has 126 valence electrons. The topological polar surface area (TPSA) is 81.6 Å². The lowest BCUT2D eigenvalue weighted by Gasteiger charge is -2.32. The van der Waals surface area contributed by atoms with Crippen LogP contribution in [-0.2, 0) is 4.79 Å². The SMILES string of the molecule is CN(CC=O)CCN1CCNc2nnc(-c3ccccc3O)cc21. The molecule has 1 aliphatic heterocycles. The van der Waals surface area contributed by atoms with Crippen LogP contribution in [0.25, 0.3) is 11.3 Å². The first-order valence-corrected chi connectivity index (χ1v) is 7.96. The first kappa shape index (κ1) is 16.2. The fourth-order valence-electron chi connectivity index (χ4n) is 2.74. The number of nitrogens with zero attached hydrogens (tertiary/aromatic N) is 4. The number of aldehydes is 1. The Hall–Kier alpha value is -2.67. The molecule has 7 heteroatoms. The first-order chi connectivity index (χ1) is 11.7. The van der Waals surface area contributed by atoms with Gasteiger partial charge in [-0.05, 0) is 25.2 Å².